The fraction of sp³-hybridized carbons (Fsp3) is 0.0392. The molecule has 0 amide bonds. The van der Waals surface area contributed by atoms with Crippen molar-refractivity contribution in [2.45, 2.75) is 0 Å². The van der Waals surface area contributed by atoms with Gasteiger partial charge in [0.2, 0.25) is 0 Å². The molecule has 0 aliphatic heterocycles. The van der Waals surface area contributed by atoms with E-state index in [-0.39, 0.29) is 0 Å². The van der Waals surface area contributed by atoms with E-state index in [1.54, 1.807) is 7.05 Å². The quantitative estimate of drug-likeness (QED) is 0.127. The first-order valence-electron chi connectivity index (χ1n) is 18.3. The van der Waals surface area contributed by atoms with E-state index in [4.69, 9.17) is 4.42 Å². The number of hydrogen-bond donors (Lipinski definition) is 1. The Bertz CT molecular complexity index is 2810. The molecule has 0 bridgehead atoms. The van der Waals surface area contributed by atoms with E-state index < -0.39 is 0 Å². The molecule has 0 atom stereocenters. The predicted octanol–water partition coefficient (Wildman–Crippen LogP) is 13.3. The summed E-state index contributed by atoms with van der Waals surface area (Å²) in [6.45, 7) is 0. The SMILES string of the molecule is C/N=C\C(=C/NC)c1cccc(-c2c(-c3c4ccccc4c(-c4ccccc4)c4ccccc34)oc3c(-c4cccc(-c5ccccc5)c4)cccc23)c1. The van der Waals surface area contributed by atoms with E-state index >= 15 is 0 Å². The van der Waals surface area contributed by atoms with Crippen LogP contribution in [0.5, 0.6) is 0 Å². The Kier molecular flexibility index (Phi) is 8.66. The van der Waals surface area contributed by atoms with Gasteiger partial charge in [-0.1, -0.05) is 164 Å². The number of nitrogens with zero attached hydrogens (tertiary/aromatic N) is 1. The van der Waals surface area contributed by atoms with E-state index in [2.05, 4.69) is 186 Å². The van der Waals surface area contributed by atoms with E-state index in [1.807, 2.05) is 19.5 Å². The largest absolute Gasteiger partial charge is 0.455 e. The number of furan rings is 1. The van der Waals surface area contributed by atoms with Crippen molar-refractivity contribution < 1.29 is 4.42 Å². The number of hydrogen-bond acceptors (Lipinski definition) is 3. The van der Waals surface area contributed by atoms with Gasteiger partial charge < -0.3 is 9.73 Å². The summed E-state index contributed by atoms with van der Waals surface area (Å²) in [5.74, 6) is 0.851. The third kappa shape index (κ3) is 5.77. The van der Waals surface area contributed by atoms with Gasteiger partial charge in [0, 0.05) is 54.2 Å². The molecule has 9 rings (SSSR count). The van der Waals surface area contributed by atoms with Crippen molar-refractivity contribution in [3.63, 3.8) is 0 Å². The second-order valence-corrected chi connectivity index (χ2v) is 13.5. The van der Waals surface area contributed by atoms with Crippen LogP contribution in [-0.4, -0.2) is 20.3 Å². The highest BCUT2D eigenvalue weighted by Gasteiger charge is 2.25. The van der Waals surface area contributed by atoms with Crippen molar-refractivity contribution >= 4 is 44.3 Å². The maximum absolute atomic E-state index is 7.37. The van der Waals surface area contributed by atoms with Crippen LogP contribution in [0.25, 0.3) is 93.9 Å². The van der Waals surface area contributed by atoms with Crippen molar-refractivity contribution in [1.82, 2.24) is 5.32 Å². The van der Waals surface area contributed by atoms with Crippen LogP contribution in [0.2, 0.25) is 0 Å². The topological polar surface area (TPSA) is 37.5 Å². The fourth-order valence-corrected chi connectivity index (χ4v) is 7.94. The number of benzene rings is 8. The standard InChI is InChI=1S/C51H38N2O/c1-52-32-40(33-53-2)37-21-14-23-39(31-37)48-46-29-15-28-41(38-22-13-20-36(30-38)34-16-5-3-6-17-34)50(46)54-51(48)49-44-26-11-9-24-42(44)47(35-18-7-4-8-19-35)43-25-10-12-27-45(43)49/h3-33,52H,1-2H3/b40-32+,53-33-. The number of aliphatic imine (C=N–C) groups is 1. The minimum atomic E-state index is 0.851. The molecule has 3 heteroatoms. The molecule has 0 radical (unpaired) electrons. The lowest BCUT2D eigenvalue weighted by atomic mass is 9.86. The van der Waals surface area contributed by atoms with Gasteiger partial charge in [-0.25, -0.2) is 0 Å². The molecule has 0 spiro atoms. The first-order chi connectivity index (χ1) is 26.7. The molecule has 258 valence electrons. The summed E-state index contributed by atoms with van der Waals surface area (Å²) in [6.07, 6.45) is 3.88. The van der Waals surface area contributed by atoms with Gasteiger partial charge >= 0.3 is 0 Å². The molecular formula is C51H38N2O. The predicted molar refractivity (Wildman–Crippen MR) is 230 cm³/mol. The molecule has 8 aromatic carbocycles. The molecule has 0 saturated heterocycles. The minimum absolute atomic E-state index is 0.851. The Morgan fingerprint density at radius 1 is 0.481 bits per heavy atom. The van der Waals surface area contributed by atoms with Crippen LogP contribution in [0.4, 0.5) is 0 Å². The van der Waals surface area contributed by atoms with Crippen LogP contribution in [0.15, 0.2) is 192 Å². The lowest BCUT2D eigenvalue weighted by molar-refractivity contribution is 0.635. The number of fused-ring (bicyclic) bond motifs is 3. The third-order valence-corrected chi connectivity index (χ3v) is 10.3. The summed E-state index contributed by atoms with van der Waals surface area (Å²) in [4.78, 5) is 4.36. The molecule has 1 N–H and O–H groups in total. The molecular weight excluding hydrogens is 657 g/mol. The summed E-state index contributed by atoms with van der Waals surface area (Å²) >= 11 is 0. The Morgan fingerprint density at radius 3 is 1.69 bits per heavy atom. The smallest absolute Gasteiger partial charge is 0.144 e. The number of nitrogens with one attached hydrogen (secondary N) is 1. The average Bonchev–Trinajstić information content (AvgIpc) is 3.63. The van der Waals surface area contributed by atoms with Crippen molar-refractivity contribution in [3.05, 3.63) is 188 Å². The summed E-state index contributed by atoms with van der Waals surface area (Å²) in [5.41, 5.74) is 13.1. The lowest BCUT2D eigenvalue weighted by Crippen LogP contribution is -1.97. The Labute approximate surface area is 315 Å². The van der Waals surface area contributed by atoms with Crippen molar-refractivity contribution in [2.75, 3.05) is 14.1 Å². The third-order valence-electron chi connectivity index (χ3n) is 10.3. The van der Waals surface area contributed by atoms with Crippen LogP contribution >= 0.6 is 0 Å². The van der Waals surface area contributed by atoms with Gasteiger partial charge in [-0.3, -0.25) is 4.99 Å². The maximum Gasteiger partial charge on any atom is 0.144 e. The fourth-order valence-electron chi connectivity index (χ4n) is 7.94. The van der Waals surface area contributed by atoms with Gasteiger partial charge in [0.15, 0.2) is 0 Å². The molecule has 0 unspecified atom stereocenters. The molecule has 0 saturated carbocycles. The molecule has 0 fully saturated rings. The summed E-state index contributed by atoms with van der Waals surface area (Å²) in [7, 11) is 3.72. The lowest BCUT2D eigenvalue weighted by Gasteiger charge is -2.17. The molecule has 1 heterocycles. The summed E-state index contributed by atoms with van der Waals surface area (Å²) in [6, 6.07) is 62.8. The maximum atomic E-state index is 7.37. The summed E-state index contributed by atoms with van der Waals surface area (Å²) < 4.78 is 7.37. The van der Waals surface area contributed by atoms with E-state index in [0.717, 1.165) is 66.5 Å². The Hall–Kier alpha value is -6.97. The molecule has 54 heavy (non-hydrogen) atoms. The number of allylic oxidation sites excluding steroid dienone is 1. The van der Waals surface area contributed by atoms with Gasteiger partial charge in [0.1, 0.15) is 11.3 Å². The summed E-state index contributed by atoms with van der Waals surface area (Å²) in [5, 5.41) is 8.93. The number of rotatable bonds is 8. The van der Waals surface area contributed by atoms with Gasteiger partial charge in [-0.05, 0) is 72.6 Å². The van der Waals surface area contributed by atoms with Crippen molar-refractivity contribution in [1.29, 1.82) is 0 Å². The highest BCUT2D eigenvalue weighted by Crippen LogP contribution is 2.50. The van der Waals surface area contributed by atoms with Gasteiger partial charge in [-0.2, -0.15) is 0 Å². The van der Waals surface area contributed by atoms with Crippen LogP contribution in [0.1, 0.15) is 5.56 Å². The van der Waals surface area contributed by atoms with Crippen LogP contribution in [0.3, 0.4) is 0 Å². The molecule has 0 aliphatic carbocycles. The van der Waals surface area contributed by atoms with Crippen molar-refractivity contribution in [2.24, 2.45) is 4.99 Å². The normalized spacial score (nSPS) is 11.9. The van der Waals surface area contributed by atoms with Gasteiger partial charge in [0.05, 0.1) is 0 Å². The zero-order valence-electron chi connectivity index (χ0n) is 30.3. The average molecular weight is 695 g/mol. The highest BCUT2D eigenvalue weighted by molar-refractivity contribution is 6.23. The van der Waals surface area contributed by atoms with Crippen LogP contribution < -0.4 is 5.32 Å². The van der Waals surface area contributed by atoms with Crippen molar-refractivity contribution in [3.8, 4) is 55.8 Å². The van der Waals surface area contributed by atoms with E-state index in [9.17, 15) is 0 Å². The molecule has 1 aromatic heterocycles. The number of para-hydroxylation sites is 1. The highest BCUT2D eigenvalue weighted by atomic mass is 16.3. The molecule has 0 aliphatic rings. The van der Waals surface area contributed by atoms with Crippen LogP contribution in [0, 0.1) is 0 Å². The zero-order chi connectivity index (χ0) is 36.4. The Balaban J connectivity index is 1.39. The Morgan fingerprint density at radius 2 is 1.02 bits per heavy atom. The van der Waals surface area contributed by atoms with Crippen LogP contribution in [-0.2, 0) is 0 Å². The second kappa shape index (κ2) is 14.2. The van der Waals surface area contributed by atoms with E-state index in [0.29, 0.717) is 0 Å². The molecule has 9 aromatic rings. The van der Waals surface area contributed by atoms with Gasteiger partial charge in [0.25, 0.3) is 0 Å². The van der Waals surface area contributed by atoms with Gasteiger partial charge in [-0.15, -0.1) is 0 Å². The second-order valence-electron chi connectivity index (χ2n) is 13.5. The minimum Gasteiger partial charge on any atom is -0.455 e. The first kappa shape index (κ1) is 32.9. The monoisotopic (exact) mass is 694 g/mol. The molecule has 3 nitrogen and oxygen atoms in total. The van der Waals surface area contributed by atoms with E-state index in [1.165, 1.54) is 33.0 Å². The zero-order valence-corrected chi connectivity index (χ0v) is 30.3. The first-order valence-corrected chi connectivity index (χ1v) is 18.3.